The van der Waals surface area contributed by atoms with E-state index in [0.29, 0.717) is 18.3 Å². The van der Waals surface area contributed by atoms with Crippen molar-refractivity contribution in [3.63, 3.8) is 0 Å². The van der Waals surface area contributed by atoms with Gasteiger partial charge in [-0.25, -0.2) is 9.79 Å². The summed E-state index contributed by atoms with van der Waals surface area (Å²) in [7, 11) is 0. The van der Waals surface area contributed by atoms with Crippen LogP contribution in [0.1, 0.15) is 5.56 Å². The van der Waals surface area contributed by atoms with Gasteiger partial charge in [0.1, 0.15) is 18.9 Å². The van der Waals surface area contributed by atoms with Crippen molar-refractivity contribution in [1.29, 1.82) is 0 Å². The van der Waals surface area contributed by atoms with Crippen LogP contribution in [0.4, 0.5) is 4.79 Å². The van der Waals surface area contributed by atoms with Crippen molar-refractivity contribution < 1.29 is 14.3 Å². The number of benzene rings is 2. The lowest BCUT2D eigenvalue weighted by atomic mass is 10.2. The van der Waals surface area contributed by atoms with Gasteiger partial charge in [0.05, 0.1) is 0 Å². The van der Waals surface area contributed by atoms with Crippen molar-refractivity contribution in [2.75, 3.05) is 6.54 Å². The summed E-state index contributed by atoms with van der Waals surface area (Å²) in [6, 6.07) is 18.7. The van der Waals surface area contributed by atoms with Crippen molar-refractivity contribution in [1.82, 2.24) is 4.90 Å². The molecule has 5 heteroatoms. The van der Waals surface area contributed by atoms with Crippen LogP contribution in [0.3, 0.4) is 0 Å². The summed E-state index contributed by atoms with van der Waals surface area (Å²) in [5, 5.41) is 0. The van der Waals surface area contributed by atoms with Crippen LogP contribution in [-0.4, -0.2) is 23.4 Å². The van der Waals surface area contributed by atoms with Crippen molar-refractivity contribution >= 4 is 12.0 Å². The zero-order valence-corrected chi connectivity index (χ0v) is 12.5. The Balaban J connectivity index is 1.54. The van der Waals surface area contributed by atoms with E-state index in [1.807, 2.05) is 48.5 Å². The van der Waals surface area contributed by atoms with E-state index in [1.165, 1.54) is 11.1 Å². The van der Waals surface area contributed by atoms with Gasteiger partial charge in [0.15, 0.2) is 0 Å². The third-order valence-electron chi connectivity index (χ3n) is 3.20. The summed E-state index contributed by atoms with van der Waals surface area (Å²) in [6.07, 6.45) is 2.62. The van der Waals surface area contributed by atoms with E-state index in [2.05, 4.69) is 4.99 Å². The molecule has 5 nitrogen and oxygen atoms in total. The highest BCUT2D eigenvalue weighted by Crippen LogP contribution is 2.12. The maximum absolute atomic E-state index is 12.1. The van der Waals surface area contributed by atoms with Crippen molar-refractivity contribution in [2.24, 2.45) is 4.99 Å². The Hall–Kier alpha value is -3.08. The molecular weight excluding hydrogens is 292 g/mol. The van der Waals surface area contributed by atoms with Gasteiger partial charge in [0.2, 0.25) is 5.90 Å². The van der Waals surface area contributed by atoms with E-state index in [-0.39, 0.29) is 6.54 Å². The van der Waals surface area contributed by atoms with Gasteiger partial charge in [-0.3, -0.25) is 4.90 Å². The van der Waals surface area contributed by atoms with E-state index in [0.717, 1.165) is 5.56 Å². The smallest absolute Gasteiger partial charge is 0.419 e. The van der Waals surface area contributed by atoms with E-state index in [4.69, 9.17) is 9.47 Å². The molecule has 0 saturated carbocycles. The minimum Gasteiger partial charge on any atom is -0.475 e. The van der Waals surface area contributed by atoms with E-state index < -0.39 is 6.09 Å². The second-order valence-corrected chi connectivity index (χ2v) is 4.90. The van der Waals surface area contributed by atoms with E-state index >= 15 is 0 Å². The van der Waals surface area contributed by atoms with Crippen LogP contribution in [0.5, 0.6) is 5.75 Å². The molecule has 1 aliphatic heterocycles. The highest BCUT2D eigenvalue weighted by molar-refractivity contribution is 5.85. The van der Waals surface area contributed by atoms with Crippen molar-refractivity contribution in [3.8, 4) is 5.75 Å². The van der Waals surface area contributed by atoms with Crippen LogP contribution in [-0.2, 0) is 11.3 Å². The van der Waals surface area contributed by atoms with Crippen LogP contribution in [0.2, 0.25) is 0 Å². The van der Waals surface area contributed by atoms with Gasteiger partial charge in [0, 0.05) is 12.4 Å². The van der Waals surface area contributed by atoms with Crippen molar-refractivity contribution in [3.05, 3.63) is 78.6 Å². The number of aliphatic imine (C=N–C) groups is 1. The molecule has 0 bridgehead atoms. The fourth-order valence-electron chi connectivity index (χ4n) is 2.03. The average Bonchev–Trinajstić information content (AvgIpc) is 2.62. The lowest BCUT2D eigenvalue weighted by Crippen LogP contribution is -2.35. The Morgan fingerprint density at radius 3 is 2.48 bits per heavy atom. The maximum atomic E-state index is 12.1. The van der Waals surface area contributed by atoms with Gasteiger partial charge >= 0.3 is 6.09 Å². The Kier molecular flexibility index (Phi) is 4.69. The fraction of sp³-hybridized carbons (Fsp3) is 0.111. The first kappa shape index (κ1) is 14.8. The molecule has 1 heterocycles. The number of carbonyl (C=O) groups excluding carboxylic acids is 1. The molecule has 0 atom stereocenters. The third-order valence-corrected chi connectivity index (χ3v) is 3.20. The first-order valence-electron chi connectivity index (χ1n) is 7.25. The van der Waals surface area contributed by atoms with E-state index in [1.54, 1.807) is 18.3 Å². The van der Waals surface area contributed by atoms with Crippen LogP contribution in [0.15, 0.2) is 78.1 Å². The maximum Gasteiger partial charge on any atom is 0.419 e. The van der Waals surface area contributed by atoms with Crippen LogP contribution in [0, 0.1) is 0 Å². The number of carbonyl (C=O) groups is 1. The van der Waals surface area contributed by atoms with Crippen LogP contribution in [0.25, 0.3) is 0 Å². The first-order valence-corrected chi connectivity index (χ1v) is 7.25. The van der Waals surface area contributed by atoms with E-state index in [9.17, 15) is 4.79 Å². The standard InChI is InChI=1S/C18H16N2O3/c21-18(23-16-9-5-2-6-10-16)20-12-11-19-17(13-20)22-14-15-7-3-1-4-8-15/h1-12H,13-14H2. The van der Waals surface area contributed by atoms with Gasteiger partial charge in [0.25, 0.3) is 0 Å². The molecule has 116 valence electrons. The molecule has 1 amide bonds. The van der Waals surface area contributed by atoms with Gasteiger partial charge < -0.3 is 9.47 Å². The number of hydrogen-bond donors (Lipinski definition) is 0. The fourth-order valence-corrected chi connectivity index (χ4v) is 2.03. The number of ether oxygens (including phenoxy) is 2. The molecule has 0 saturated heterocycles. The minimum absolute atomic E-state index is 0.245. The van der Waals surface area contributed by atoms with Crippen molar-refractivity contribution in [2.45, 2.75) is 6.61 Å². The highest BCUT2D eigenvalue weighted by atomic mass is 16.6. The highest BCUT2D eigenvalue weighted by Gasteiger charge is 2.19. The molecule has 0 aromatic heterocycles. The third kappa shape index (κ3) is 4.20. The normalized spacial score (nSPS) is 13.4. The lowest BCUT2D eigenvalue weighted by molar-refractivity contribution is 0.170. The SMILES string of the molecule is O=C(Oc1ccccc1)N1C=CN=C(OCc2ccccc2)C1. The molecule has 2 aromatic carbocycles. The molecule has 2 aromatic rings. The molecule has 1 aliphatic rings. The quantitative estimate of drug-likeness (QED) is 0.870. The summed E-state index contributed by atoms with van der Waals surface area (Å²) in [6.45, 7) is 0.657. The molecule has 0 N–H and O–H groups in total. The topological polar surface area (TPSA) is 51.1 Å². The average molecular weight is 308 g/mol. The summed E-state index contributed by atoms with van der Waals surface area (Å²) in [4.78, 5) is 17.7. The summed E-state index contributed by atoms with van der Waals surface area (Å²) in [5.74, 6) is 0.974. The Morgan fingerprint density at radius 2 is 1.74 bits per heavy atom. The monoisotopic (exact) mass is 308 g/mol. The summed E-state index contributed by atoms with van der Waals surface area (Å²) < 4.78 is 10.9. The molecule has 23 heavy (non-hydrogen) atoms. The minimum atomic E-state index is -0.469. The number of nitrogens with zero attached hydrogens (tertiary/aromatic N) is 2. The van der Waals surface area contributed by atoms with Gasteiger partial charge in [-0.1, -0.05) is 48.5 Å². The van der Waals surface area contributed by atoms with Crippen LogP contribution < -0.4 is 4.74 Å². The largest absolute Gasteiger partial charge is 0.475 e. The Labute approximate surface area is 134 Å². The number of hydrogen-bond acceptors (Lipinski definition) is 4. The molecule has 0 radical (unpaired) electrons. The zero-order chi connectivity index (χ0) is 15.9. The second kappa shape index (κ2) is 7.26. The summed E-state index contributed by atoms with van der Waals surface area (Å²) in [5.41, 5.74) is 1.04. The van der Waals surface area contributed by atoms with Crippen LogP contribution >= 0.6 is 0 Å². The molecule has 3 rings (SSSR count). The zero-order valence-electron chi connectivity index (χ0n) is 12.5. The predicted octanol–water partition coefficient (Wildman–Crippen LogP) is 3.59. The van der Waals surface area contributed by atoms with Gasteiger partial charge in [-0.15, -0.1) is 0 Å². The van der Waals surface area contributed by atoms with Gasteiger partial charge in [-0.2, -0.15) is 0 Å². The summed E-state index contributed by atoms with van der Waals surface area (Å²) >= 11 is 0. The molecule has 0 fully saturated rings. The second-order valence-electron chi connectivity index (χ2n) is 4.90. The molecule has 0 unspecified atom stereocenters. The molecule has 0 spiro atoms. The number of amides is 1. The number of para-hydroxylation sites is 1. The van der Waals surface area contributed by atoms with Gasteiger partial charge in [-0.05, 0) is 17.7 Å². The number of rotatable bonds is 3. The lowest BCUT2D eigenvalue weighted by Gasteiger charge is -2.21. The Bertz CT molecular complexity index is 712. The Morgan fingerprint density at radius 1 is 1.04 bits per heavy atom. The molecular formula is C18H16N2O3. The predicted molar refractivity (Wildman–Crippen MR) is 87.0 cm³/mol. The first-order chi connectivity index (χ1) is 11.3. The molecule has 0 aliphatic carbocycles.